The molecule has 2 aromatic rings. The van der Waals surface area contributed by atoms with Gasteiger partial charge in [-0.3, -0.25) is 9.00 Å². The molecule has 1 amide bonds. The van der Waals surface area contributed by atoms with Crippen LogP contribution in [0.25, 0.3) is 0 Å². The first kappa shape index (κ1) is 17.5. The van der Waals surface area contributed by atoms with E-state index in [-0.39, 0.29) is 5.91 Å². The number of rotatable bonds is 4. The van der Waals surface area contributed by atoms with Gasteiger partial charge in [0.15, 0.2) is 0 Å². The zero-order valence-corrected chi connectivity index (χ0v) is 15.5. The van der Waals surface area contributed by atoms with Crippen LogP contribution >= 0.6 is 23.4 Å². The third kappa shape index (κ3) is 4.21. The molecule has 0 unspecified atom stereocenters. The quantitative estimate of drug-likeness (QED) is 0.801. The van der Waals surface area contributed by atoms with Crippen molar-refractivity contribution in [2.24, 2.45) is 0 Å². The molecule has 1 aliphatic rings. The Morgan fingerprint density at radius 2 is 1.92 bits per heavy atom. The monoisotopic (exact) mass is 379 g/mol. The van der Waals surface area contributed by atoms with E-state index < -0.39 is 10.8 Å². The lowest BCUT2D eigenvalue weighted by atomic mass is 10.2. The summed E-state index contributed by atoms with van der Waals surface area (Å²) in [5.74, 6) is 1.85. The van der Waals surface area contributed by atoms with Crippen molar-refractivity contribution in [3.05, 3.63) is 59.1 Å². The zero-order valence-electron chi connectivity index (χ0n) is 13.1. The molecule has 0 spiro atoms. The molecule has 1 heterocycles. The Bertz CT molecular complexity index is 749. The van der Waals surface area contributed by atoms with Gasteiger partial charge in [0.2, 0.25) is 5.91 Å². The van der Waals surface area contributed by atoms with Gasteiger partial charge in [0.1, 0.15) is 0 Å². The van der Waals surface area contributed by atoms with Gasteiger partial charge in [0.25, 0.3) is 0 Å². The highest BCUT2D eigenvalue weighted by Crippen LogP contribution is 2.28. The molecule has 0 aliphatic carbocycles. The van der Waals surface area contributed by atoms with Crippen LogP contribution in [0.1, 0.15) is 12.0 Å². The Morgan fingerprint density at radius 3 is 2.71 bits per heavy atom. The normalized spacial score (nSPS) is 17.2. The van der Waals surface area contributed by atoms with E-state index in [0.29, 0.717) is 23.1 Å². The molecule has 0 saturated carbocycles. The van der Waals surface area contributed by atoms with Gasteiger partial charge in [-0.05, 0) is 36.2 Å². The van der Waals surface area contributed by atoms with Crippen molar-refractivity contribution in [2.45, 2.75) is 17.1 Å². The molecule has 126 valence electrons. The average Bonchev–Trinajstić information content (AvgIpc) is 2.76. The zero-order chi connectivity index (χ0) is 16.9. The van der Waals surface area contributed by atoms with Crippen LogP contribution in [0.3, 0.4) is 0 Å². The lowest BCUT2D eigenvalue weighted by molar-refractivity contribution is -0.116. The maximum Gasteiger partial charge on any atom is 0.237 e. The van der Waals surface area contributed by atoms with Crippen LogP contribution in [-0.2, 0) is 21.3 Å². The van der Waals surface area contributed by atoms with Gasteiger partial charge in [0, 0.05) is 23.1 Å². The van der Waals surface area contributed by atoms with E-state index in [9.17, 15) is 9.00 Å². The number of nitrogens with zero attached hydrogens (tertiary/aromatic N) is 1. The van der Waals surface area contributed by atoms with Gasteiger partial charge in [-0.15, -0.1) is 11.8 Å². The molecule has 6 heteroatoms. The average molecular weight is 380 g/mol. The summed E-state index contributed by atoms with van der Waals surface area (Å²) in [7, 11) is -1.02. The summed E-state index contributed by atoms with van der Waals surface area (Å²) in [4.78, 5) is 15.2. The minimum atomic E-state index is -1.02. The molecule has 2 aromatic carbocycles. The molecule has 0 saturated heterocycles. The molecule has 3 nitrogen and oxygen atoms in total. The second kappa shape index (κ2) is 8.19. The molecular formula is C18H18ClNO2S2. The molecule has 0 N–H and O–H groups in total. The molecule has 0 fully saturated rings. The third-order valence-electron chi connectivity index (χ3n) is 3.82. The number of thioether (sulfide) groups is 1. The van der Waals surface area contributed by atoms with Gasteiger partial charge in [-0.25, -0.2) is 0 Å². The van der Waals surface area contributed by atoms with Crippen LogP contribution in [0.2, 0.25) is 5.02 Å². The first-order valence-corrected chi connectivity index (χ1v) is 10.6. The van der Waals surface area contributed by atoms with E-state index >= 15 is 0 Å². The van der Waals surface area contributed by atoms with Crippen LogP contribution < -0.4 is 4.90 Å². The Hall–Kier alpha value is -1.30. The van der Waals surface area contributed by atoms with Crippen LogP contribution in [0.15, 0.2) is 53.4 Å². The van der Waals surface area contributed by atoms with Crippen molar-refractivity contribution in [1.82, 2.24) is 0 Å². The van der Waals surface area contributed by atoms with Crippen molar-refractivity contribution in [3.63, 3.8) is 0 Å². The Kier molecular flexibility index (Phi) is 5.98. The molecular weight excluding hydrogens is 362 g/mol. The second-order valence-electron chi connectivity index (χ2n) is 5.54. The molecule has 24 heavy (non-hydrogen) atoms. The number of carbonyl (C=O) groups excluding carboxylic acids is 1. The van der Waals surface area contributed by atoms with Crippen molar-refractivity contribution in [2.75, 3.05) is 23.0 Å². The van der Waals surface area contributed by atoms with E-state index in [1.165, 1.54) is 0 Å². The van der Waals surface area contributed by atoms with Crippen LogP contribution in [0.4, 0.5) is 5.69 Å². The van der Waals surface area contributed by atoms with Crippen molar-refractivity contribution >= 4 is 45.8 Å². The first-order valence-electron chi connectivity index (χ1n) is 7.75. The minimum absolute atomic E-state index is 0.0697. The highest BCUT2D eigenvalue weighted by molar-refractivity contribution is 7.99. The van der Waals surface area contributed by atoms with Gasteiger partial charge >= 0.3 is 0 Å². The summed E-state index contributed by atoms with van der Waals surface area (Å²) in [6.07, 6.45) is 0.759. The SMILES string of the molecule is O=C(CSCc1ccc(Cl)cc1)N1CCC[S@](=O)c2ccccc21. The largest absolute Gasteiger partial charge is 0.310 e. The van der Waals surface area contributed by atoms with Gasteiger partial charge in [-0.2, -0.15) is 0 Å². The molecule has 0 aromatic heterocycles. The lowest BCUT2D eigenvalue weighted by Crippen LogP contribution is -2.33. The van der Waals surface area contributed by atoms with Crippen LogP contribution in [0, 0.1) is 0 Å². The van der Waals surface area contributed by atoms with Gasteiger partial charge in [-0.1, -0.05) is 35.9 Å². The van der Waals surface area contributed by atoms with E-state index in [0.717, 1.165) is 28.3 Å². The fourth-order valence-corrected chi connectivity index (χ4v) is 4.87. The topological polar surface area (TPSA) is 37.4 Å². The van der Waals surface area contributed by atoms with Gasteiger partial charge in [0.05, 0.1) is 27.1 Å². The van der Waals surface area contributed by atoms with Crippen LogP contribution in [0.5, 0.6) is 0 Å². The van der Waals surface area contributed by atoms with Crippen molar-refractivity contribution in [3.8, 4) is 0 Å². The number of carbonyl (C=O) groups is 1. The van der Waals surface area contributed by atoms with Crippen molar-refractivity contribution < 1.29 is 9.00 Å². The molecule has 0 radical (unpaired) electrons. The minimum Gasteiger partial charge on any atom is -0.310 e. The maximum absolute atomic E-state index is 12.6. The molecule has 1 atom stereocenters. The number of halogens is 1. The highest BCUT2D eigenvalue weighted by Gasteiger charge is 2.23. The number of hydrogen-bond acceptors (Lipinski definition) is 3. The maximum atomic E-state index is 12.6. The summed E-state index contributed by atoms with van der Waals surface area (Å²) >= 11 is 7.47. The molecule has 3 rings (SSSR count). The van der Waals surface area contributed by atoms with Gasteiger partial charge < -0.3 is 4.90 Å². The summed E-state index contributed by atoms with van der Waals surface area (Å²) in [5.41, 5.74) is 1.94. The Morgan fingerprint density at radius 1 is 1.17 bits per heavy atom. The predicted octanol–water partition coefficient (Wildman–Crippen LogP) is 4.12. The summed E-state index contributed by atoms with van der Waals surface area (Å²) in [6, 6.07) is 15.2. The summed E-state index contributed by atoms with van der Waals surface area (Å²) < 4.78 is 12.3. The summed E-state index contributed by atoms with van der Waals surface area (Å²) in [5, 5.41) is 0.717. The van der Waals surface area contributed by atoms with Crippen molar-refractivity contribution in [1.29, 1.82) is 0 Å². The van der Waals surface area contributed by atoms with E-state index in [2.05, 4.69) is 0 Å². The fraction of sp³-hybridized carbons (Fsp3) is 0.278. The number of para-hydroxylation sites is 1. The number of anilines is 1. The van der Waals surface area contributed by atoms with Crippen LogP contribution in [-0.4, -0.2) is 28.2 Å². The number of benzene rings is 2. The lowest BCUT2D eigenvalue weighted by Gasteiger charge is -2.22. The standard InChI is InChI=1S/C18H18ClNO2S2/c19-15-8-6-14(7-9-15)12-23-13-18(21)20-10-3-11-24(22)17-5-2-1-4-16(17)20/h1-2,4-9H,3,10-13H2/t24-/m0/s1. The predicted molar refractivity (Wildman–Crippen MR) is 102 cm³/mol. The van der Waals surface area contributed by atoms with E-state index in [4.69, 9.17) is 11.6 Å². The Balaban J connectivity index is 1.65. The molecule has 0 bridgehead atoms. The number of hydrogen-bond donors (Lipinski definition) is 0. The third-order valence-corrected chi connectivity index (χ3v) is 6.56. The second-order valence-corrected chi connectivity index (χ2v) is 8.50. The van der Waals surface area contributed by atoms with E-state index in [1.807, 2.05) is 48.5 Å². The summed E-state index contributed by atoms with van der Waals surface area (Å²) in [6.45, 7) is 0.628. The fourth-order valence-electron chi connectivity index (χ4n) is 2.63. The Labute approximate surface area is 153 Å². The molecule has 1 aliphatic heterocycles. The highest BCUT2D eigenvalue weighted by atomic mass is 35.5. The van der Waals surface area contributed by atoms with E-state index in [1.54, 1.807) is 16.7 Å². The first-order chi connectivity index (χ1) is 11.6. The smallest absolute Gasteiger partial charge is 0.237 e. The number of amides is 1. The number of fused-ring (bicyclic) bond motifs is 1.